The van der Waals surface area contributed by atoms with Gasteiger partial charge in [-0.25, -0.2) is 9.59 Å². The molecule has 7 heteroatoms. The summed E-state index contributed by atoms with van der Waals surface area (Å²) in [4.78, 5) is 26.4. The van der Waals surface area contributed by atoms with Crippen molar-refractivity contribution in [1.29, 1.82) is 0 Å². The van der Waals surface area contributed by atoms with E-state index in [2.05, 4.69) is 0 Å². The Hall–Kier alpha value is -3.87. The highest BCUT2D eigenvalue weighted by Gasteiger charge is 2.20. The number of rotatable bonds is 5. The Kier molecular flexibility index (Phi) is 5.69. The third-order valence-corrected chi connectivity index (χ3v) is 6.04. The van der Waals surface area contributed by atoms with Gasteiger partial charge in [0.05, 0.1) is 18.2 Å². The van der Waals surface area contributed by atoms with E-state index < -0.39 is 11.3 Å². The summed E-state index contributed by atoms with van der Waals surface area (Å²) in [7, 11) is 1.99. The standard InChI is InChI=1S/C27H20ClNO5/c1-29(14-16-5-3-2-4-6-16)15-22-23(30)9-8-19-20(13-25(31)34-26(19)22)21-12-17-11-18(28)7-10-24(17)33-27(21)32/h2-13,30H,14-15H2,1H3/p+1. The first kappa shape index (κ1) is 21.9. The number of quaternary nitrogens is 1. The fourth-order valence-electron chi connectivity index (χ4n) is 4.26. The highest BCUT2D eigenvalue weighted by Crippen LogP contribution is 2.33. The molecule has 0 aliphatic heterocycles. The van der Waals surface area contributed by atoms with Crippen molar-refractivity contribution in [3.05, 3.63) is 110 Å². The second-order valence-electron chi connectivity index (χ2n) is 8.34. The van der Waals surface area contributed by atoms with Gasteiger partial charge in [-0.15, -0.1) is 0 Å². The number of hydrogen-bond donors (Lipinski definition) is 2. The van der Waals surface area contributed by atoms with E-state index in [1.54, 1.807) is 36.4 Å². The summed E-state index contributed by atoms with van der Waals surface area (Å²) >= 11 is 6.11. The van der Waals surface area contributed by atoms with Gasteiger partial charge in [0.15, 0.2) is 5.58 Å². The van der Waals surface area contributed by atoms with Gasteiger partial charge in [-0.05, 0) is 36.4 Å². The number of phenols is 1. The van der Waals surface area contributed by atoms with E-state index >= 15 is 0 Å². The van der Waals surface area contributed by atoms with Crippen LogP contribution in [0, 0.1) is 0 Å². The van der Waals surface area contributed by atoms with Gasteiger partial charge in [0.2, 0.25) is 0 Å². The van der Waals surface area contributed by atoms with Gasteiger partial charge in [-0.3, -0.25) is 0 Å². The third kappa shape index (κ3) is 4.21. The molecule has 1 unspecified atom stereocenters. The van der Waals surface area contributed by atoms with Crippen molar-refractivity contribution in [2.45, 2.75) is 13.1 Å². The molecule has 0 amide bonds. The molecule has 0 radical (unpaired) electrons. The van der Waals surface area contributed by atoms with Crippen LogP contribution in [0.5, 0.6) is 5.75 Å². The van der Waals surface area contributed by atoms with Gasteiger partial charge in [-0.2, -0.15) is 0 Å². The molecule has 170 valence electrons. The molecule has 6 nitrogen and oxygen atoms in total. The molecule has 2 N–H and O–H groups in total. The van der Waals surface area contributed by atoms with Gasteiger partial charge >= 0.3 is 11.3 Å². The first-order valence-electron chi connectivity index (χ1n) is 10.8. The van der Waals surface area contributed by atoms with E-state index in [1.165, 1.54) is 6.07 Å². The van der Waals surface area contributed by atoms with Crippen molar-refractivity contribution >= 4 is 33.5 Å². The van der Waals surface area contributed by atoms with E-state index in [9.17, 15) is 14.7 Å². The van der Waals surface area contributed by atoms with Crippen LogP contribution in [0.25, 0.3) is 33.1 Å². The molecule has 0 saturated carbocycles. The van der Waals surface area contributed by atoms with Crippen LogP contribution in [-0.4, -0.2) is 12.2 Å². The summed E-state index contributed by atoms with van der Waals surface area (Å²) in [6, 6.07) is 21.1. The first-order valence-corrected chi connectivity index (χ1v) is 11.1. The summed E-state index contributed by atoms with van der Waals surface area (Å²) < 4.78 is 11.0. The molecule has 34 heavy (non-hydrogen) atoms. The number of aromatic hydroxyl groups is 1. The number of nitrogens with one attached hydrogen (secondary N) is 1. The van der Waals surface area contributed by atoms with E-state index in [4.69, 9.17) is 20.4 Å². The summed E-state index contributed by atoms with van der Waals surface area (Å²) in [5.41, 5.74) is 1.68. The number of hydrogen-bond acceptors (Lipinski definition) is 5. The second-order valence-corrected chi connectivity index (χ2v) is 8.78. The SMILES string of the molecule is C[NH+](Cc1ccccc1)Cc1c(O)ccc2c(-c3cc4cc(Cl)ccc4oc3=O)cc(=O)oc12. The first-order chi connectivity index (χ1) is 16.4. The molecule has 0 aliphatic carbocycles. The Labute approximate surface area is 199 Å². The highest BCUT2D eigenvalue weighted by molar-refractivity contribution is 6.31. The molecular weight excluding hydrogens is 454 g/mol. The van der Waals surface area contributed by atoms with Crippen molar-refractivity contribution in [3.63, 3.8) is 0 Å². The fourth-order valence-corrected chi connectivity index (χ4v) is 4.44. The Balaban J connectivity index is 1.64. The predicted molar refractivity (Wildman–Crippen MR) is 131 cm³/mol. The molecule has 3 aromatic carbocycles. The van der Waals surface area contributed by atoms with Crippen molar-refractivity contribution in [2.75, 3.05) is 7.05 Å². The van der Waals surface area contributed by atoms with Crippen LogP contribution in [-0.2, 0) is 13.1 Å². The molecular formula is C27H21ClNO5+. The summed E-state index contributed by atoms with van der Waals surface area (Å²) in [6.45, 7) is 1.13. The summed E-state index contributed by atoms with van der Waals surface area (Å²) in [5, 5.41) is 12.3. The van der Waals surface area contributed by atoms with Gasteiger partial charge in [0.25, 0.3) is 0 Å². The Morgan fingerprint density at radius 1 is 0.882 bits per heavy atom. The Morgan fingerprint density at radius 2 is 1.68 bits per heavy atom. The zero-order valence-corrected chi connectivity index (χ0v) is 19.1. The normalized spacial score (nSPS) is 12.3. The zero-order chi connectivity index (χ0) is 23.8. The predicted octanol–water partition coefficient (Wildman–Crippen LogP) is 4.14. The van der Waals surface area contributed by atoms with Gasteiger partial charge < -0.3 is 18.8 Å². The monoisotopic (exact) mass is 474 g/mol. The minimum absolute atomic E-state index is 0.0255. The molecule has 0 fully saturated rings. The highest BCUT2D eigenvalue weighted by atomic mass is 35.5. The number of phenolic OH excluding ortho intramolecular Hbond substituents is 1. The average Bonchev–Trinajstić information content (AvgIpc) is 2.81. The Bertz CT molecular complexity index is 1640. The second kappa shape index (κ2) is 8.82. The summed E-state index contributed by atoms with van der Waals surface area (Å²) in [5.74, 6) is 0.0255. The van der Waals surface area contributed by atoms with Crippen molar-refractivity contribution in [3.8, 4) is 16.9 Å². The fraction of sp³-hybridized carbons (Fsp3) is 0.111. The lowest BCUT2D eigenvalue weighted by Gasteiger charge is -2.16. The van der Waals surface area contributed by atoms with Crippen LogP contribution >= 0.6 is 11.6 Å². The summed E-state index contributed by atoms with van der Waals surface area (Å²) in [6.07, 6.45) is 0. The van der Waals surface area contributed by atoms with Crippen LogP contribution in [0.4, 0.5) is 0 Å². The van der Waals surface area contributed by atoms with E-state index in [1.807, 2.05) is 37.4 Å². The van der Waals surface area contributed by atoms with Gasteiger partial charge in [0, 0.05) is 33.0 Å². The molecule has 2 heterocycles. The van der Waals surface area contributed by atoms with Crippen molar-refractivity contribution < 1.29 is 18.8 Å². The maximum atomic E-state index is 12.8. The van der Waals surface area contributed by atoms with Crippen LogP contribution in [0.3, 0.4) is 0 Å². The quantitative estimate of drug-likeness (QED) is 0.374. The lowest BCUT2D eigenvalue weighted by Crippen LogP contribution is -3.06. The largest absolute Gasteiger partial charge is 0.507 e. The molecule has 5 rings (SSSR count). The van der Waals surface area contributed by atoms with E-state index in [0.717, 1.165) is 17.0 Å². The van der Waals surface area contributed by atoms with E-state index in [-0.39, 0.29) is 16.9 Å². The average molecular weight is 475 g/mol. The maximum Gasteiger partial charge on any atom is 0.344 e. The molecule has 0 spiro atoms. The maximum absolute atomic E-state index is 12.8. The molecule has 5 aromatic rings. The third-order valence-electron chi connectivity index (χ3n) is 5.80. The van der Waals surface area contributed by atoms with Crippen LogP contribution in [0.1, 0.15) is 11.1 Å². The minimum atomic E-state index is -0.624. The lowest BCUT2D eigenvalue weighted by molar-refractivity contribution is -0.907. The number of halogens is 1. The van der Waals surface area contributed by atoms with Crippen LogP contribution < -0.4 is 16.2 Å². The molecule has 0 aliphatic rings. The van der Waals surface area contributed by atoms with Crippen LogP contribution in [0.2, 0.25) is 5.02 Å². The Morgan fingerprint density at radius 3 is 2.47 bits per heavy atom. The molecule has 2 aromatic heterocycles. The zero-order valence-electron chi connectivity index (χ0n) is 18.3. The van der Waals surface area contributed by atoms with Crippen molar-refractivity contribution in [1.82, 2.24) is 0 Å². The smallest absolute Gasteiger partial charge is 0.344 e. The molecule has 1 atom stereocenters. The number of fused-ring (bicyclic) bond motifs is 2. The van der Waals surface area contributed by atoms with Gasteiger partial charge in [-0.1, -0.05) is 41.9 Å². The van der Waals surface area contributed by atoms with Gasteiger partial charge in [0.1, 0.15) is 24.4 Å². The molecule has 0 saturated heterocycles. The minimum Gasteiger partial charge on any atom is -0.507 e. The number of benzene rings is 3. The lowest BCUT2D eigenvalue weighted by atomic mass is 9.99. The van der Waals surface area contributed by atoms with Crippen LogP contribution in [0.15, 0.2) is 91.2 Å². The topological polar surface area (TPSA) is 85.1 Å². The van der Waals surface area contributed by atoms with E-state index in [0.29, 0.717) is 39.0 Å². The molecule has 0 bridgehead atoms. The van der Waals surface area contributed by atoms with Crippen molar-refractivity contribution in [2.24, 2.45) is 0 Å².